The summed E-state index contributed by atoms with van der Waals surface area (Å²) < 4.78 is 3.82. The number of methoxy groups -OCH3 is 1. The van der Waals surface area contributed by atoms with Crippen LogP contribution in [0.15, 0.2) is 48.5 Å². The number of carbonyl (C=O) groups is 2. The summed E-state index contributed by atoms with van der Waals surface area (Å²) in [6, 6.07) is 14.2. The minimum Gasteiger partial charge on any atom is -0.497 e. The third kappa shape index (κ3) is 2.15. The van der Waals surface area contributed by atoms with E-state index in [1.54, 1.807) is 43.5 Å². The molecule has 1 atom stereocenters. The number of ketones is 2. The predicted octanol–water partition coefficient (Wildman–Crippen LogP) is 4.34. The molecule has 0 aliphatic heterocycles. The minimum atomic E-state index is -1.31. The number of benzene rings is 2. The van der Waals surface area contributed by atoms with Gasteiger partial charge in [0.2, 0.25) is 0 Å². The van der Waals surface area contributed by atoms with Crippen LogP contribution in [0.5, 0.6) is 5.75 Å². The number of halogens is 2. The molecule has 0 saturated heterocycles. The molecular formula is C17H12Br2O3. The van der Waals surface area contributed by atoms with E-state index >= 15 is 0 Å². The van der Waals surface area contributed by atoms with Gasteiger partial charge in [0.25, 0.3) is 0 Å². The summed E-state index contributed by atoms with van der Waals surface area (Å²) in [6.07, 6.45) is 0. The topological polar surface area (TPSA) is 43.4 Å². The van der Waals surface area contributed by atoms with Crippen molar-refractivity contribution < 1.29 is 14.3 Å². The van der Waals surface area contributed by atoms with Crippen molar-refractivity contribution in [3.63, 3.8) is 0 Å². The molecule has 0 bridgehead atoms. The van der Waals surface area contributed by atoms with Crippen LogP contribution in [-0.4, -0.2) is 23.0 Å². The first-order valence-electron chi connectivity index (χ1n) is 6.65. The maximum Gasteiger partial charge on any atom is 0.189 e. The highest BCUT2D eigenvalue weighted by molar-refractivity contribution is 9.13. The molecule has 0 N–H and O–H groups in total. The lowest BCUT2D eigenvalue weighted by Gasteiger charge is -2.25. The molecule has 1 aliphatic carbocycles. The van der Waals surface area contributed by atoms with Crippen LogP contribution in [0.3, 0.4) is 0 Å². The zero-order valence-corrected chi connectivity index (χ0v) is 14.8. The molecule has 22 heavy (non-hydrogen) atoms. The third-order valence-electron chi connectivity index (χ3n) is 3.83. The minimum absolute atomic E-state index is 0.217. The van der Waals surface area contributed by atoms with Crippen molar-refractivity contribution in [3.8, 4) is 5.75 Å². The van der Waals surface area contributed by atoms with E-state index in [1.165, 1.54) is 0 Å². The van der Waals surface area contributed by atoms with Crippen LogP contribution in [0.1, 0.15) is 31.1 Å². The van der Waals surface area contributed by atoms with Crippen LogP contribution in [0.2, 0.25) is 0 Å². The highest BCUT2D eigenvalue weighted by Gasteiger charge is 2.55. The standard InChI is InChI=1S/C17H12Br2O3/c1-22-11-8-6-10(7-9-11)14(18)17(19)15(20)12-4-2-3-5-13(12)16(17)21/h2-9,14H,1H3. The van der Waals surface area contributed by atoms with E-state index < -0.39 is 9.15 Å². The number of alkyl halides is 2. The highest BCUT2D eigenvalue weighted by Crippen LogP contribution is 2.49. The smallest absolute Gasteiger partial charge is 0.189 e. The van der Waals surface area contributed by atoms with Crippen LogP contribution in [0.25, 0.3) is 0 Å². The highest BCUT2D eigenvalue weighted by atomic mass is 79.9. The quantitative estimate of drug-likeness (QED) is 0.544. The molecular weight excluding hydrogens is 412 g/mol. The van der Waals surface area contributed by atoms with E-state index in [4.69, 9.17) is 4.74 Å². The Morgan fingerprint density at radius 2 is 1.45 bits per heavy atom. The molecule has 0 aromatic heterocycles. The Bertz CT molecular complexity index is 718. The summed E-state index contributed by atoms with van der Waals surface area (Å²) >= 11 is 6.94. The van der Waals surface area contributed by atoms with Crippen LogP contribution in [0.4, 0.5) is 0 Å². The lowest BCUT2D eigenvalue weighted by molar-refractivity contribution is 0.0871. The SMILES string of the molecule is COc1ccc(C(Br)C2(Br)C(=O)c3ccccc3C2=O)cc1. The zero-order valence-electron chi connectivity index (χ0n) is 11.7. The van der Waals surface area contributed by atoms with Gasteiger partial charge in [0.05, 0.1) is 11.9 Å². The van der Waals surface area contributed by atoms with Crippen LogP contribution >= 0.6 is 31.9 Å². The number of ether oxygens (including phenoxy) is 1. The number of hydrogen-bond donors (Lipinski definition) is 0. The van der Waals surface area contributed by atoms with Gasteiger partial charge in [-0.3, -0.25) is 9.59 Å². The number of carbonyl (C=O) groups excluding carboxylic acids is 2. The summed E-state index contributed by atoms with van der Waals surface area (Å²) in [5, 5.41) is 0. The molecule has 1 aliphatic rings. The van der Waals surface area contributed by atoms with Crippen LogP contribution in [-0.2, 0) is 0 Å². The molecule has 112 valence electrons. The lowest BCUT2D eigenvalue weighted by Crippen LogP contribution is -2.38. The van der Waals surface area contributed by atoms with Crippen molar-refractivity contribution in [2.75, 3.05) is 7.11 Å². The van der Waals surface area contributed by atoms with Crippen molar-refractivity contribution in [2.24, 2.45) is 0 Å². The monoisotopic (exact) mass is 422 g/mol. The number of hydrogen-bond acceptors (Lipinski definition) is 3. The molecule has 0 spiro atoms. The van der Waals surface area contributed by atoms with E-state index in [0.29, 0.717) is 11.1 Å². The van der Waals surface area contributed by atoms with Gasteiger partial charge < -0.3 is 4.74 Å². The largest absolute Gasteiger partial charge is 0.497 e. The summed E-state index contributed by atoms with van der Waals surface area (Å²) in [5.74, 6) is 0.288. The molecule has 3 nitrogen and oxygen atoms in total. The third-order valence-corrected chi connectivity index (χ3v) is 6.84. The first kappa shape index (κ1) is 15.4. The second-order valence-corrected chi connectivity index (χ2v) is 7.22. The average molecular weight is 424 g/mol. The Balaban J connectivity index is 2.03. The average Bonchev–Trinajstić information content (AvgIpc) is 2.77. The maximum absolute atomic E-state index is 12.7. The molecule has 5 heteroatoms. The number of rotatable bonds is 3. The van der Waals surface area contributed by atoms with Crippen molar-refractivity contribution in [3.05, 3.63) is 65.2 Å². The van der Waals surface area contributed by atoms with Gasteiger partial charge in [0.15, 0.2) is 15.9 Å². The van der Waals surface area contributed by atoms with Crippen molar-refractivity contribution in [1.82, 2.24) is 0 Å². The Morgan fingerprint density at radius 1 is 0.955 bits per heavy atom. The first-order valence-corrected chi connectivity index (χ1v) is 8.36. The molecule has 2 aromatic carbocycles. The predicted molar refractivity (Wildman–Crippen MR) is 91.4 cm³/mol. The van der Waals surface area contributed by atoms with Crippen LogP contribution in [0, 0.1) is 0 Å². The molecule has 0 radical (unpaired) electrons. The summed E-state index contributed by atoms with van der Waals surface area (Å²) in [7, 11) is 1.59. The van der Waals surface area contributed by atoms with Gasteiger partial charge in [-0.05, 0) is 17.7 Å². The van der Waals surface area contributed by atoms with Crippen molar-refractivity contribution >= 4 is 43.4 Å². The van der Waals surface area contributed by atoms with Crippen LogP contribution < -0.4 is 4.74 Å². The Labute approximate surface area is 144 Å². The van der Waals surface area contributed by atoms with Gasteiger partial charge in [-0.25, -0.2) is 0 Å². The second kappa shape index (κ2) is 5.63. The Kier molecular flexibility index (Phi) is 3.95. The Hall–Kier alpha value is -1.46. The second-order valence-electron chi connectivity index (χ2n) is 5.05. The normalized spacial score (nSPS) is 17.2. The van der Waals surface area contributed by atoms with Crippen molar-refractivity contribution in [2.45, 2.75) is 9.15 Å². The molecule has 2 aromatic rings. The van der Waals surface area contributed by atoms with E-state index in [0.717, 1.165) is 11.3 Å². The summed E-state index contributed by atoms with van der Waals surface area (Å²) in [5.41, 5.74) is 1.75. The van der Waals surface area contributed by atoms with E-state index in [1.807, 2.05) is 12.1 Å². The number of fused-ring (bicyclic) bond motifs is 1. The van der Waals surface area contributed by atoms with Gasteiger partial charge in [-0.15, -0.1) is 0 Å². The number of Topliss-reactive ketones (excluding diaryl/α,β-unsaturated/α-hetero) is 2. The first-order chi connectivity index (χ1) is 10.5. The van der Waals surface area contributed by atoms with E-state index in [-0.39, 0.29) is 11.6 Å². The fourth-order valence-electron chi connectivity index (χ4n) is 2.61. The van der Waals surface area contributed by atoms with Gasteiger partial charge in [-0.1, -0.05) is 68.3 Å². The van der Waals surface area contributed by atoms with Gasteiger partial charge in [-0.2, -0.15) is 0 Å². The van der Waals surface area contributed by atoms with E-state index in [2.05, 4.69) is 31.9 Å². The maximum atomic E-state index is 12.7. The molecule has 0 fully saturated rings. The molecule has 0 heterocycles. The molecule has 3 rings (SSSR count). The van der Waals surface area contributed by atoms with Gasteiger partial charge >= 0.3 is 0 Å². The molecule has 0 amide bonds. The Morgan fingerprint density at radius 3 is 1.91 bits per heavy atom. The zero-order chi connectivity index (χ0) is 15.9. The van der Waals surface area contributed by atoms with Gasteiger partial charge in [0, 0.05) is 11.1 Å². The summed E-state index contributed by atoms with van der Waals surface area (Å²) in [4.78, 5) is 25.0. The fourth-order valence-corrected chi connectivity index (χ4v) is 4.02. The van der Waals surface area contributed by atoms with Gasteiger partial charge in [0.1, 0.15) is 5.75 Å². The van der Waals surface area contributed by atoms with Crippen molar-refractivity contribution in [1.29, 1.82) is 0 Å². The fraction of sp³-hybridized carbons (Fsp3) is 0.176. The van der Waals surface area contributed by atoms with E-state index in [9.17, 15) is 9.59 Å². The molecule has 0 saturated carbocycles. The summed E-state index contributed by atoms with van der Waals surface area (Å²) in [6.45, 7) is 0. The lowest BCUT2D eigenvalue weighted by atomic mass is 9.94. The molecule has 1 unspecified atom stereocenters.